The van der Waals surface area contributed by atoms with Crippen molar-refractivity contribution >= 4 is 15.7 Å². The Morgan fingerprint density at radius 2 is 1.84 bits per heavy atom. The van der Waals surface area contributed by atoms with Crippen LogP contribution in [0.5, 0.6) is 0 Å². The number of anilines is 1. The normalized spacial score (nSPS) is 24.6. The van der Waals surface area contributed by atoms with E-state index < -0.39 is 10.0 Å². The minimum absolute atomic E-state index is 0.157. The lowest BCUT2D eigenvalue weighted by Gasteiger charge is -2.16. The van der Waals surface area contributed by atoms with Crippen molar-refractivity contribution in [3.05, 3.63) is 24.3 Å². The van der Waals surface area contributed by atoms with E-state index in [4.69, 9.17) is 5.14 Å². The Bertz CT molecular complexity index is 552. The SMILES string of the molecule is NS(=O)(=O)c1ccc(NC2CCN(C3CC3)C2)cc1. The molecule has 1 atom stereocenters. The second kappa shape index (κ2) is 4.77. The summed E-state index contributed by atoms with van der Waals surface area (Å²) in [6, 6.07) is 7.92. The van der Waals surface area contributed by atoms with Crippen molar-refractivity contribution in [2.45, 2.75) is 36.2 Å². The van der Waals surface area contributed by atoms with E-state index in [9.17, 15) is 8.42 Å². The van der Waals surface area contributed by atoms with Crippen molar-refractivity contribution < 1.29 is 8.42 Å². The maximum atomic E-state index is 11.2. The van der Waals surface area contributed by atoms with Gasteiger partial charge in [0.2, 0.25) is 10.0 Å². The largest absolute Gasteiger partial charge is 0.381 e. The number of nitrogens with one attached hydrogen (secondary N) is 1. The Morgan fingerprint density at radius 1 is 1.16 bits per heavy atom. The van der Waals surface area contributed by atoms with Gasteiger partial charge in [-0.3, -0.25) is 4.90 Å². The smallest absolute Gasteiger partial charge is 0.238 e. The molecule has 3 rings (SSSR count). The van der Waals surface area contributed by atoms with Gasteiger partial charge in [0.1, 0.15) is 0 Å². The molecule has 104 valence electrons. The minimum Gasteiger partial charge on any atom is -0.381 e. The molecule has 19 heavy (non-hydrogen) atoms. The molecule has 1 unspecified atom stereocenters. The van der Waals surface area contributed by atoms with E-state index in [0.717, 1.165) is 31.2 Å². The number of primary sulfonamides is 1. The van der Waals surface area contributed by atoms with Gasteiger partial charge >= 0.3 is 0 Å². The molecular formula is C13H19N3O2S. The molecule has 2 fully saturated rings. The summed E-state index contributed by atoms with van der Waals surface area (Å²) in [5, 5.41) is 8.53. The molecule has 1 saturated heterocycles. The van der Waals surface area contributed by atoms with Crippen molar-refractivity contribution in [2.24, 2.45) is 5.14 Å². The highest BCUT2D eigenvalue weighted by Crippen LogP contribution is 2.30. The van der Waals surface area contributed by atoms with E-state index in [0.29, 0.717) is 6.04 Å². The topological polar surface area (TPSA) is 75.4 Å². The molecule has 0 amide bonds. The summed E-state index contributed by atoms with van der Waals surface area (Å²) in [6.45, 7) is 2.25. The van der Waals surface area contributed by atoms with Crippen LogP contribution < -0.4 is 10.5 Å². The fourth-order valence-corrected chi connectivity index (χ4v) is 3.17. The van der Waals surface area contributed by atoms with Crippen LogP contribution in [0.15, 0.2) is 29.2 Å². The van der Waals surface area contributed by atoms with Crippen LogP contribution in [0.2, 0.25) is 0 Å². The first kappa shape index (κ1) is 12.9. The van der Waals surface area contributed by atoms with Crippen LogP contribution in [0.4, 0.5) is 5.69 Å². The summed E-state index contributed by atoms with van der Waals surface area (Å²) >= 11 is 0. The predicted octanol–water partition coefficient (Wildman–Crippen LogP) is 0.983. The van der Waals surface area contributed by atoms with Gasteiger partial charge in [0, 0.05) is 30.9 Å². The second-order valence-corrected chi connectivity index (χ2v) is 6.99. The molecule has 5 nitrogen and oxygen atoms in total. The highest BCUT2D eigenvalue weighted by atomic mass is 32.2. The molecule has 0 bridgehead atoms. The monoisotopic (exact) mass is 281 g/mol. The Morgan fingerprint density at radius 3 is 2.42 bits per heavy atom. The van der Waals surface area contributed by atoms with Gasteiger partial charge in [-0.05, 0) is 43.5 Å². The van der Waals surface area contributed by atoms with E-state index in [1.807, 2.05) is 0 Å². The minimum atomic E-state index is -3.59. The first-order valence-corrected chi connectivity index (χ1v) is 8.20. The molecule has 1 aliphatic carbocycles. The summed E-state index contributed by atoms with van der Waals surface area (Å²) in [5.74, 6) is 0. The molecule has 1 heterocycles. The van der Waals surface area contributed by atoms with Crippen LogP contribution >= 0.6 is 0 Å². The van der Waals surface area contributed by atoms with Crippen molar-refractivity contribution in [3.63, 3.8) is 0 Å². The molecule has 0 radical (unpaired) electrons. The predicted molar refractivity (Wildman–Crippen MR) is 74.4 cm³/mol. The Balaban J connectivity index is 1.61. The van der Waals surface area contributed by atoms with Crippen LogP contribution in [0.25, 0.3) is 0 Å². The third-order valence-corrected chi connectivity index (χ3v) is 4.77. The summed E-state index contributed by atoms with van der Waals surface area (Å²) in [6.07, 6.45) is 3.83. The molecule has 3 N–H and O–H groups in total. The zero-order valence-electron chi connectivity index (χ0n) is 10.7. The van der Waals surface area contributed by atoms with Crippen LogP contribution in [0.3, 0.4) is 0 Å². The number of nitrogens with two attached hydrogens (primary N) is 1. The van der Waals surface area contributed by atoms with Gasteiger partial charge in [-0.25, -0.2) is 13.6 Å². The maximum Gasteiger partial charge on any atom is 0.238 e. The van der Waals surface area contributed by atoms with Gasteiger partial charge < -0.3 is 5.32 Å². The zero-order chi connectivity index (χ0) is 13.5. The highest BCUT2D eigenvalue weighted by Gasteiger charge is 2.34. The van der Waals surface area contributed by atoms with E-state index in [2.05, 4.69) is 10.2 Å². The maximum absolute atomic E-state index is 11.2. The van der Waals surface area contributed by atoms with Crippen molar-refractivity contribution in [2.75, 3.05) is 18.4 Å². The Labute approximate surface area is 113 Å². The van der Waals surface area contributed by atoms with E-state index in [-0.39, 0.29) is 4.90 Å². The second-order valence-electron chi connectivity index (χ2n) is 5.43. The van der Waals surface area contributed by atoms with E-state index in [1.54, 1.807) is 24.3 Å². The van der Waals surface area contributed by atoms with Gasteiger partial charge in [0.05, 0.1) is 4.90 Å². The number of sulfonamides is 1. The quantitative estimate of drug-likeness (QED) is 0.863. The standard InChI is InChI=1S/C13H19N3O2S/c14-19(17,18)13-5-1-10(2-6-13)15-11-7-8-16(9-11)12-3-4-12/h1-2,5-6,11-12,15H,3-4,7-9H2,(H2,14,17,18). The number of nitrogens with zero attached hydrogens (tertiary/aromatic N) is 1. The lowest BCUT2D eigenvalue weighted by Crippen LogP contribution is -2.27. The highest BCUT2D eigenvalue weighted by molar-refractivity contribution is 7.89. The fourth-order valence-electron chi connectivity index (χ4n) is 2.65. The van der Waals surface area contributed by atoms with Crippen LogP contribution in [-0.2, 0) is 10.0 Å². The lowest BCUT2D eigenvalue weighted by molar-refractivity contribution is 0.326. The van der Waals surface area contributed by atoms with Crippen LogP contribution in [0.1, 0.15) is 19.3 Å². The molecular weight excluding hydrogens is 262 g/mol. The van der Waals surface area contributed by atoms with Gasteiger partial charge in [0.15, 0.2) is 0 Å². The number of rotatable bonds is 4. The molecule has 6 heteroatoms. The summed E-state index contributed by atoms with van der Waals surface area (Å²) in [4.78, 5) is 2.69. The average molecular weight is 281 g/mol. The fraction of sp³-hybridized carbons (Fsp3) is 0.538. The third kappa shape index (κ3) is 3.08. The Kier molecular flexibility index (Phi) is 3.24. The molecule has 2 aliphatic rings. The van der Waals surface area contributed by atoms with Crippen molar-refractivity contribution in [3.8, 4) is 0 Å². The van der Waals surface area contributed by atoms with Crippen molar-refractivity contribution in [1.82, 2.24) is 4.90 Å². The molecule has 1 saturated carbocycles. The third-order valence-electron chi connectivity index (χ3n) is 3.84. The number of hydrogen-bond acceptors (Lipinski definition) is 4. The van der Waals surface area contributed by atoms with Crippen LogP contribution in [0, 0.1) is 0 Å². The summed E-state index contributed by atoms with van der Waals surface area (Å²) in [7, 11) is -3.59. The first-order chi connectivity index (χ1) is 9.02. The van der Waals surface area contributed by atoms with Gasteiger partial charge in [0.25, 0.3) is 0 Å². The van der Waals surface area contributed by atoms with Crippen LogP contribution in [-0.4, -0.2) is 38.5 Å². The number of likely N-dealkylation sites (tertiary alicyclic amines) is 1. The Hall–Kier alpha value is -1.11. The first-order valence-electron chi connectivity index (χ1n) is 6.66. The summed E-state index contributed by atoms with van der Waals surface area (Å²) < 4.78 is 22.3. The van der Waals surface area contributed by atoms with Gasteiger partial charge in [-0.2, -0.15) is 0 Å². The number of benzene rings is 1. The summed E-state index contributed by atoms with van der Waals surface area (Å²) in [5.41, 5.74) is 0.954. The molecule has 1 aliphatic heterocycles. The molecule has 1 aromatic rings. The molecule has 1 aromatic carbocycles. The lowest BCUT2D eigenvalue weighted by atomic mass is 10.2. The average Bonchev–Trinajstić information content (AvgIpc) is 3.10. The van der Waals surface area contributed by atoms with Gasteiger partial charge in [-0.1, -0.05) is 0 Å². The van der Waals surface area contributed by atoms with E-state index in [1.165, 1.54) is 12.8 Å². The van der Waals surface area contributed by atoms with E-state index >= 15 is 0 Å². The molecule has 0 aromatic heterocycles. The van der Waals surface area contributed by atoms with Crippen molar-refractivity contribution in [1.29, 1.82) is 0 Å². The van der Waals surface area contributed by atoms with Gasteiger partial charge in [-0.15, -0.1) is 0 Å². The zero-order valence-corrected chi connectivity index (χ0v) is 11.6. The molecule has 0 spiro atoms. The number of hydrogen-bond donors (Lipinski definition) is 2.